The monoisotopic (exact) mass is 441 g/mol. The van der Waals surface area contributed by atoms with Crippen molar-refractivity contribution in [1.82, 2.24) is 4.98 Å². The quantitative estimate of drug-likeness (QED) is 0.309. The number of nitrogens with zero attached hydrogens (tertiary/aromatic N) is 2. The Morgan fingerprint density at radius 3 is 2.15 bits per heavy atom. The average molecular weight is 442 g/mol. The number of aliphatic hydroxyl groups is 1. The van der Waals surface area contributed by atoms with Crippen LogP contribution in [0.4, 0.5) is 0 Å². The first kappa shape index (κ1) is 21.4. The Kier molecular flexibility index (Phi) is 5.52. The largest absolute Gasteiger partial charge is 0.493 e. The zero-order valence-electron chi connectivity index (χ0n) is 19.1. The molecule has 1 aliphatic carbocycles. The van der Waals surface area contributed by atoms with E-state index < -0.39 is 5.60 Å². The van der Waals surface area contributed by atoms with Crippen LogP contribution in [-0.4, -0.2) is 41.8 Å². The molecule has 5 heteroatoms. The molecule has 0 fully saturated rings. The Balaban J connectivity index is 1.30. The summed E-state index contributed by atoms with van der Waals surface area (Å²) >= 11 is 0. The summed E-state index contributed by atoms with van der Waals surface area (Å²) < 4.78 is 12.7. The molecule has 5 nitrogen and oxygen atoms in total. The summed E-state index contributed by atoms with van der Waals surface area (Å²) in [5.41, 5.74) is 2.28. The number of para-hydroxylation sites is 1. The van der Waals surface area contributed by atoms with Gasteiger partial charge in [-0.25, -0.2) is 4.98 Å². The van der Waals surface area contributed by atoms with E-state index in [-0.39, 0.29) is 0 Å². The van der Waals surface area contributed by atoms with Gasteiger partial charge in [-0.15, -0.1) is 0 Å². The van der Waals surface area contributed by atoms with E-state index in [0.29, 0.717) is 19.0 Å². The fourth-order valence-electron chi connectivity index (χ4n) is 4.69. The molecule has 0 saturated carbocycles. The minimum atomic E-state index is -1.38. The van der Waals surface area contributed by atoms with E-state index >= 15 is 0 Å². The van der Waals surface area contributed by atoms with Crippen LogP contribution in [0.5, 0.6) is 5.75 Å². The highest BCUT2D eigenvalue weighted by atomic mass is 16.5. The summed E-state index contributed by atoms with van der Waals surface area (Å²) in [4.78, 5) is 4.54. The van der Waals surface area contributed by atoms with Gasteiger partial charge in [0.25, 0.3) is 0 Å². The predicted molar refractivity (Wildman–Crippen MR) is 128 cm³/mol. The SMILES string of the molecule is C[N+](C)(CCCOc1ccccc1)Cc1cnc(C2(O)c3ccccc3-c3ccccc32)o1. The van der Waals surface area contributed by atoms with Crippen molar-refractivity contribution >= 4 is 0 Å². The number of hydrogen-bond acceptors (Lipinski definition) is 4. The molecular weight excluding hydrogens is 412 g/mol. The molecule has 0 unspecified atom stereocenters. The number of oxazole rings is 1. The number of benzene rings is 3. The van der Waals surface area contributed by atoms with Crippen molar-refractivity contribution in [2.24, 2.45) is 0 Å². The van der Waals surface area contributed by atoms with Crippen LogP contribution in [0.25, 0.3) is 11.1 Å². The van der Waals surface area contributed by atoms with E-state index in [2.05, 4.69) is 19.1 Å². The van der Waals surface area contributed by atoms with Crippen molar-refractivity contribution in [1.29, 1.82) is 0 Å². The standard InChI is InChI=1S/C28H29N2O3/c1-30(2,17-10-18-32-21-11-4-3-5-12-21)20-22-19-29-27(33-22)28(31)25-15-8-6-13-23(25)24-14-7-9-16-26(24)28/h3-9,11-16,19,31H,10,17-18,20H2,1-2H3/q+1. The van der Waals surface area contributed by atoms with Crippen LogP contribution in [-0.2, 0) is 12.1 Å². The molecule has 168 valence electrons. The van der Waals surface area contributed by atoms with E-state index in [1.165, 1.54) is 0 Å². The van der Waals surface area contributed by atoms with Crippen molar-refractivity contribution < 1.29 is 18.7 Å². The van der Waals surface area contributed by atoms with Gasteiger partial charge in [0.05, 0.1) is 33.4 Å². The maximum atomic E-state index is 11.9. The lowest BCUT2D eigenvalue weighted by Gasteiger charge is -2.28. The fourth-order valence-corrected chi connectivity index (χ4v) is 4.69. The van der Waals surface area contributed by atoms with Gasteiger partial charge < -0.3 is 18.7 Å². The van der Waals surface area contributed by atoms with Gasteiger partial charge in [-0.3, -0.25) is 0 Å². The molecule has 33 heavy (non-hydrogen) atoms. The second-order valence-electron chi connectivity index (χ2n) is 9.27. The van der Waals surface area contributed by atoms with Crippen LogP contribution < -0.4 is 4.74 Å². The highest BCUT2D eigenvalue weighted by Crippen LogP contribution is 2.50. The third-order valence-electron chi connectivity index (χ3n) is 6.29. The van der Waals surface area contributed by atoms with Crippen LogP contribution >= 0.6 is 0 Å². The lowest BCUT2D eigenvalue weighted by molar-refractivity contribution is -0.904. The lowest BCUT2D eigenvalue weighted by atomic mass is 9.91. The number of rotatable bonds is 8. The number of hydrogen-bond donors (Lipinski definition) is 1. The first-order chi connectivity index (χ1) is 16.0. The molecule has 1 N–H and O–H groups in total. The first-order valence-electron chi connectivity index (χ1n) is 11.3. The molecule has 4 aromatic rings. The molecule has 0 radical (unpaired) electrons. The Morgan fingerprint density at radius 1 is 0.879 bits per heavy atom. The van der Waals surface area contributed by atoms with Crippen molar-refractivity contribution in [3.05, 3.63) is 108 Å². The second-order valence-corrected chi connectivity index (χ2v) is 9.27. The smallest absolute Gasteiger partial charge is 0.236 e. The zero-order valence-corrected chi connectivity index (χ0v) is 19.1. The number of ether oxygens (including phenoxy) is 1. The van der Waals surface area contributed by atoms with Gasteiger partial charge in [-0.05, 0) is 23.3 Å². The Labute approximate surface area is 194 Å². The molecule has 0 bridgehead atoms. The lowest BCUT2D eigenvalue weighted by Crippen LogP contribution is -2.40. The Hall–Kier alpha value is -3.41. The number of fused-ring (bicyclic) bond motifs is 3. The molecular formula is C28H29N2O3+. The Bertz CT molecular complexity index is 1200. The van der Waals surface area contributed by atoms with Gasteiger partial charge in [0.2, 0.25) is 5.89 Å². The minimum Gasteiger partial charge on any atom is -0.493 e. The molecule has 1 aliphatic rings. The maximum Gasteiger partial charge on any atom is 0.236 e. The van der Waals surface area contributed by atoms with Gasteiger partial charge in [0, 0.05) is 17.5 Å². The van der Waals surface area contributed by atoms with Gasteiger partial charge in [0.15, 0.2) is 11.4 Å². The summed E-state index contributed by atoms with van der Waals surface area (Å²) in [5.74, 6) is 1.98. The molecule has 3 aromatic carbocycles. The topological polar surface area (TPSA) is 55.5 Å². The third kappa shape index (κ3) is 4.06. The van der Waals surface area contributed by atoms with Crippen molar-refractivity contribution in [3.8, 4) is 16.9 Å². The summed E-state index contributed by atoms with van der Waals surface area (Å²) in [6.45, 7) is 2.27. The third-order valence-corrected chi connectivity index (χ3v) is 6.29. The second kappa shape index (κ2) is 8.50. The summed E-state index contributed by atoms with van der Waals surface area (Å²) in [6, 6.07) is 25.7. The summed E-state index contributed by atoms with van der Waals surface area (Å²) in [7, 11) is 4.33. The van der Waals surface area contributed by atoms with Crippen molar-refractivity contribution in [2.75, 3.05) is 27.2 Å². The van der Waals surface area contributed by atoms with E-state index in [1.54, 1.807) is 6.20 Å². The fraction of sp³-hybridized carbons (Fsp3) is 0.250. The van der Waals surface area contributed by atoms with Crippen molar-refractivity contribution in [3.63, 3.8) is 0 Å². The van der Waals surface area contributed by atoms with Crippen LogP contribution in [0, 0.1) is 0 Å². The molecule has 0 saturated heterocycles. The van der Waals surface area contributed by atoms with E-state index in [0.717, 1.165) is 51.2 Å². The molecule has 5 rings (SSSR count). The van der Waals surface area contributed by atoms with Gasteiger partial charge in [-0.2, -0.15) is 0 Å². The van der Waals surface area contributed by atoms with Gasteiger partial charge in [-0.1, -0.05) is 66.7 Å². The molecule has 0 spiro atoms. The van der Waals surface area contributed by atoms with Crippen LogP contribution in [0.15, 0.2) is 89.5 Å². The molecule has 0 amide bonds. The van der Waals surface area contributed by atoms with Crippen LogP contribution in [0.3, 0.4) is 0 Å². The minimum absolute atomic E-state index is 0.322. The van der Waals surface area contributed by atoms with Crippen LogP contribution in [0.2, 0.25) is 0 Å². The number of aromatic nitrogens is 1. The summed E-state index contributed by atoms with van der Waals surface area (Å²) in [5, 5.41) is 11.9. The predicted octanol–water partition coefficient (Wildman–Crippen LogP) is 4.98. The van der Waals surface area contributed by atoms with E-state index in [4.69, 9.17) is 9.15 Å². The molecule has 0 atom stereocenters. The highest BCUT2D eigenvalue weighted by Gasteiger charge is 2.46. The maximum absolute atomic E-state index is 11.9. The van der Waals surface area contributed by atoms with E-state index in [9.17, 15) is 5.11 Å². The normalized spacial score (nSPS) is 14.0. The van der Waals surface area contributed by atoms with Crippen LogP contribution in [0.1, 0.15) is 29.2 Å². The first-order valence-corrected chi connectivity index (χ1v) is 11.3. The summed E-state index contributed by atoms with van der Waals surface area (Å²) in [6.07, 6.45) is 2.67. The molecule has 1 heterocycles. The van der Waals surface area contributed by atoms with Crippen molar-refractivity contribution in [2.45, 2.75) is 18.6 Å². The van der Waals surface area contributed by atoms with E-state index in [1.807, 2.05) is 78.9 Å². The van der Waals surface area contributed by atoms with Gasteiger partial charge in [0.1, 0.15) is 12.3 Å². The zero-order chi connectivity index (χ0) is 22.9. The number of quaternary nitrogens is 1. The highest BCUT2D eigenvalue weighted by molar-refractivity contribution is 5.81. The van der Waals surface area contributed by atoms with Gasteiger partial charge >= 0.3 is 0 Å². The molecule has 1 aromatic heterocycles. The Morgan fingerprint density at radius 2 is 1.48 bits per heavy atom. The molecule has 0 aliphatic heterocycles. The average Bonchev–Trinajstić information content (AvgIpc) is 3.40.